The number of phenolic OH excluding ortho intramolecular Hbond substituents is 1. The van der Waals surface area contributed by atoms with Crippen LogP contribution in [0.1, 0.15) is 30.1 Å². The van der Waals surface area contributed by atoms with Crippen LogP contribution in [0.2, 0.25) is 0 Å². The van der Waals surface area contributed by atoms with Crippen molar-refractivity contribution in [2.45, 2.75) is 25.8 Å². The van der Waals surface area contributed by atoms with E-state index < -0.39 is 0 Å². The van der Waals surface area contributed by atoms with E-state index in [-0.39, 0.29) is 17.7 Å². The number of hydrogen-bond donors (Lipinski definition) is 3. The van der Waals surface area contributed by atoms with Gasteiger partial charge in [-0.3, -0.25) is 4.79 Å². The Hall–Kier alpha value is -1.75. The summed E-state index contributed by atoms with van der Waals surface area (Å²) in [5, 5.41) is 12.5. The molecular weight excluding hydrogens is 232 g/mol. The fourth-order valence-corrected chi connectivity index (χ4v) is 1.68. The van der Waals surface area contributed by atoms with Gasteiger partial charge in [-0.25, -0.2) is 0 Å². The van der Waals surface area contributed by atoms with Gasteiger partial charge >= 0.3 is 0 Å². The van der Waals surface area contributed by atoms with E-state index in [2.05, 4.69) is 5.32 Å². The third-order valence-electron chi connectivity index (χ3n) is 2.78. The zero-order chi connectivity index (χ0) is 13.5. The number of amides is 1. The summed E-state index contributed by atoms with van der Waals surface area (Å²) in [4.78, 5) is 11.9. The van der Waals surface area contributed by atoms with Gasteiger partial charge in [0.2, 0.25) is 0 Å². The maximum absolute atomic E-state index is 11.9. The lowest BCUT2D eigenvalue weighted by molar-refractivity contribution is 0.0934. The molecule has 1 aromatic rings. The predicted octanol–water partition coefficient (Wildman–Crippen LogP) is 1.26. The average Bonchev–Trinajstić information content (AvgIpc) is 2.37. The fourth-order valence-electron chi connectivity index (χ4n) is 1.68. The number of hydrogen-bond acceptors (Lipinski definition) is 4. The third kappa shape index (κ3) is 3.63. The van der Waals surface area contributed by atoms with Crippen LogP contribution in [0.15, 0.2) is 18.2 Å². The summed E-state index contributed by atoms with van der Waals surface area (Å²) in [5.74, 6) is 0.0887. The first-order chi connectivity index (χ1) is 8.62. The highest BCUT2D eigenvalue weighted by Crippen LogP contribution is 2.26. The van der Waals surface area contributed by atoms with Crippen molar-refractivity contribution in [3.63, 3.8) is 0 Å². The molecule has 0 radical (unpaired) electrons. The zero-order valence-corrected chi connectivity index (χ0v) is 10.8. The fraction of sp³-hybridized carbons (Fsp3) is 0.462. The minimum Gasteiger partial charge on any atom is -0.504 e. The molecule has 5 nitrogen and oxygen atoms in total. The molecule has 0 fully saturated rings. The molecule has 1 aromatic carbocycles. The molecular formula is C13H20N2O3. The number of rotatable bonds is 6. The lowest BCUT2D eigenvalue weighted by atomic mass is 10.1. The molecule has 0 heterocycles. The van der Waals surface area contributed by atoms with Crippen molar-refractivity contribution in [3.8, 4) is 11.5 Å². The second-order valence-corrected chi connectivity index (χ2v) is 4.04. The van der Waals surface area contributed by atoms with Crippen LogP contribution in [-0.4, -0.2) is 30.7 Å². The number of methoxy groups -OCH3 is 1. The number of carbonyl (C=O) groups is 1. The van der Waals surface area contributed by atoms with E-state index in [0.29, 0.717) is 17.9 Å². The van der Waals surface area contributed by atoms with Crippen LogP contribution in [0.3, 0.4) is 0 Å². The largest absolute Gasteiger partial charge is 0.504 e. The normalized spacial score (nSPS) is 11.9. The van der Waals surface area contributed by atoms with Gasteiger partial charge < -0.3 is 20.9 Å². The standard InChI is InChI=1S/C13H20N2O3/c1-3-10(6-7-14)15-13(17)9-4-5-12(18-2)11(16)8-9/h4-5,8,10,16H,3,6-7,14H2,1-2H3,(H,15,17). The Bertz CT molecular complexity index is 407. The Labute approximate surface area is 107 Å². The summed E-state index contributed by atoms with van der Waals surface area (Å²) in [7, 11) is 1.46. The Morgan fingerprint density at radius 3 is 2.78 bits per heavy atom. The molecule has 18 heavy (non-hydrogen) atoms. The maximum atomic E-state index is 11.9. The van der Waals surface area contributed by atoms with E-state index >= 15 is 0 Å². The first-order valence-electron chi connectivity index (χ1n) is 6.00. The average molecular weight is 252 g/mol. The van der Waals surface area contributed by atoms with Gasteiger partial charge in [-0.2, -0.15) is 0 Å². The summed E-state index contributed by atoms with van der Waals surface area (Å²) >= 11 is 0. The molecule has 5 heteroatoms. The number of nitrogens with two attached hydrogens (primary N) is 1. The van der Waals surface area contributed by atoms with Crippen LogP contribution >= 0.6 is 0 Å². The lowest BCUT2D eigenvalue weighted by Crippen LogP contribution is -2.35. The number of benzene rings is 1. The molecule has 0 saturated carbocycles. The van der Waals surface area contributed by atoms with Crippen molar-refractivity contribution in [1.29, 1.82) is 0 Å². The van der Waals surface area contributed by atoms with Gasteiger partial charge in [0.1, 0.15) is 0 Å². The lowest BCUT2D eigenvalue weighted by Gasteiger charge is -2.16. The topological polar surface area (TPSA) is 84.6 Å². The van der Waals surface area contributed by atoms with E-state index in [1.54, 1.807) is 12.1 Å². The zero-order valence-electron chi connectivity index (χ0n) is 10.8. The molecule has 0 bridgehead atoms. The van der Waals surface area contributed by atoms with Gasteiger partial charge in [0.15, 0.2) is 11.5 Å². The highest BCUT2D eigenvalue weighted by atomic mass is 16.5. The van der Waals surface area contributed by atoms with Crippen molar-refractivity contribution in [3.05, 3.63) is 23.8 Å². The molecule has 0 spiro atoms. The van der Waals surface area contributed by atoms with Crippen LogP contribution in [0.4, 0.5) is 0 Å². The first-order valence-corrected chi connectivity index (χ1v) is 6.00. The van der Waals surface area contributed by atoms with Crippen LogP contribution < -0.4 is 15.8 Å². The molecule has 1 atom stereocenters. The van der Waals surface area contributed by atoms with E-state index in [1.807, 2.05) is 6.92 Å². The van der Waals surface area contributed by atoms with Crippen LogP contribution in [0, 0.1) is 0 Å². The number of ether oxygens (including phenoxy) is 1. The second-order valence-electron chi connectivity index (χ2n) is 4.04. The summed E-state index contributed by atoms with van der Waals surface area (Å²) in [5.41, 5.74) is 5.88. The Kier molecular flexibility index (Phi) is 5.45. The van der Waals surface area contributed by atoms with Crippen molar-refractivity contribution < 1.29 is 14.6 Å². The van der Waals surface area contributed by atoms with Gasteiger partial charge in [-0.1, -0.05) is 6.92 Å². The van der Waals surface area contributed by atoms with Gasteiger partial charge in [-0.05, 0) is 37.6 Å². The van der Waals surface area contributed by atoms with Crippen molar-refractivity contribution >= 4 is 5.91 Å². The number of aromatic hydroxyl groups is 1. The highest BCUT2D eigenvalue weighted by Gasteiger charge is 2.13. The summed E-state index contributed by atoms with van der Waals surface area (Å²) in [6.45, 7) is 2.53. The minimum atomic E-state index is -0.215. The molecule has 100 valence electrons. The third-order valence-corrected chi connectivity index (χ3v) is 2.78. The summed E-state index contributed by atoms with van der Waals surface area (Å²) in [6.07, 6.45) is 1.56. The highest BCUT2D eigenvalue weighted by molar-refractivity contribution is 5.95. The van der Waals surface area contributed by atoms with Crippen LogP contribution in [0.5, 0.6) is 11.5 Å². The molecule has 0 aliphatic rings. The molecule has 4 N–H and O–H groups in total. The van der Waals surface area contributed by atoms with Crippen molar-refractivity contribution in [2.24, 2.45) is 5.73 Å². The summed E-state index contributed by atoms with van der Waals surface area (Å²) < 4.78 is 4.92. The van der Waals surface area contributed by atoms with Crippen LogP contribution in [-0.2, 0) is 0 Å². The molecule has 1 amide bonds. The SMILES string of the molecule is CCC(CCN)NC(=O)c1ccc(OC)c(O)c1. The minimum absolute atomic E-state index is 0.0444. The Balaban J connectivity index is 2.74. The van der Waals surface area contributed by atoms with Gasteiger partial charge in [0.05, 0.1) is 7.11 Å². The Morgan fingerprint density at radius 1 is 1.56 bits per heavy atom. The molecule has 1 unspecified atom stereocenters. The first kappa shape index (κ1) is 14.3. The van der Waals surface area contributed by atoms with E-state index in [9.17, 15) is 9.90 Å². The summed E-state index contributed by atoms with van der Waals surface area (Å²) in [6, 6.07) is 4.63. The molecule has 0 aliphatic heterocycles. The smallest absolute Gasteiger partial charge is 0.251 e. The monoisotopic (exact) mass is 252 g/mol. The molecule has 0 saturated heterocycles. The Morgan fingerprint density at radius 2 is 2.28 bits per heavy atom. The van der Waals surface area contributed by atoms with E-state index in [4.69, 9.17) is 10.5 Å². The van der Waals surface area contributed by atoms with Crippen molar-refractivity contribution in [2.75, 3.05) is 13.7 Å². The van der Waals surface area contributed by atoms with E-state index in [1.165, 1.54) is 13.2 Å². The second kappa shape index (κ2) is 6.86. The molecule has 0 aliphatic carbocycles. The molecule has 1 rings (SSSR count). The molecule has 0 aromatic heterocycles. The quantitative estimate of drug-likeness (QED) is 0.711. The van der Waals surface area contributed by atoms with Gasteiger partial charge in [0.25, 0.3) is 5.91 Å². The maximum Gasteiger partial charge on any atom is 0.251 e. The van der Waals surface area contributed by atoms with Gasteiger partial charge in [0, 0.05) is 11.6 Å². The number of carbonyl (C=O) groups excluding carboxylic acids is 1. The predicted molar refractivity (Wildman–Crippen MR) is 69.9 cm³/mol. The number of nitrogens with one attached hydrogen (secondary N) is 1. The van der Waals surface area contributed by atoms with Crippen molar-refractivity contribution in [1.82, 2.24) is 5.32 Å². The van der Waals surface area contributed by atoms with Crippen LogP contribution in [0.25, 0.3) is 0 Å². The van der Waals surface area contributed by atoms with E-state index in [0.717, 1.165) is 12.8 Å². The van der Waals surface area contributed by atoms with Gasteiger partial charge in [-0.15, -0.1) is 0 Å². The number of phenols is 1.